The predicted molar refractivity (Wildman–Crippen MR) is 55.0 cm³/mol. The molecule has 0 aromatic heterocycles. The van der Waals surface area contributed by atoms with E-state index in [4.69, 9.17) is 4.74 Å². The maximum atomic E-state index is 13.3. The Morgan fingerprint density at radius 3 is 2.21 bits per heavy atom. The molecule has 1 rings (SSSR count). The van der Waals surface area contributed by atoms with Crippen LogP contribution in [0.4, 0.5) is 8.78 Å². The van der Waals surface area contributed by atoms with Crippen molar-refractivity contribution in [1.29, 1.82) is 0 Å². The average Bonchev–Trinajstić information content (AvgIpc) is 2.10. The number of benzene rings is 1. The number of alkyl halides is 1. The molecule has 0 aliphatic rings. The molecule has 0 fully saturated rings. The first-order valence-corrected chi connectivity index (χ1v) is 5.12. The van der Waals surface area contributed by atoms with E-state index in [2.05, 4.69) is 15.9 Å². The van der Waals surface area contributed by atoms with Crippen LogP contribution in [0.15, 0.2) is 12.1 Å². The van der Waals surface area contributed by atoms with E-state index in [1.54, 1.807) is 0 Å². The first-order valence-electron chi connectivity index (χ1n) is 4.20. The van der Waals surface area contributed by atoms with Crippen LogP contribution in [0.5, 0.6) is 5.75 Å². The summed E-state index contributed by atoms with van der Waals surface area (Å²) in [5, 5.41) is 0. The summed E-state index contributed by atoms with van der Waals surface area (Å²) in [6.07, 6.45) is 0.321. The van der Waals surface area contributed by atoms with Gasteiger partial charge >= 0.3 is 0 Å². The minimum absolute atomic E-state index is 0.0416. The zero-order chi connectivity index (χ0) is 10.7. The predicted octanol–water partition coefficient (Wildman–Crippen LogP) is 3.30. The van der Waals surface area contributed by atoms with Gasteiger partial charge in [-0.15, -0.1) is 0 Å². The summed E-state index contributed by atoms with van der Waals surface area (Å²) in [5.41, 5.74) is 0.0928. The highest BCUT2D eigenvalue weighted by Crippen LogP contribution is 2.22. The van der Waals surface area contributed by atoms with Gasteiger partial charge < -0.3 is 4.74 Å². The summed E-state index contributed by atoms with van der Waals surface area (Å²) in [4.78, 5) is 0.0416. The fraction of sp³-hybridized carbons (Fsp3) is 0.400. The maximum Gasteiger partial charge on any atom is 0.133 e. The smallest absolute Gasteiger partial charge is 0.133 e. The van der Waals surface area contributed by atoms with Crippen LogP contribution in [-0.4, -0.2) is 11.9 Å². The molecule has 0 aliphatic carbocycles. The van der Waals surface area contributed by atoms with Gasteiger partial charge in [0.1, 0.15) is 17.4 Å². The fourth-order valence-corrected chi connectivity index (χ4v) is 1.50. The van der Waals surface area contributed by atoms with Gasteiger partial charge in [0.25, 0.3) is 0 Å². The first kappa shape index (κ1) is 11.4. The number of hydrogen-bond donors (Lipinski definition) is 0. The summed E-state index contributed by atoms with van der Waals surface area (Å²) in [6, 6.07) is 2.38. The van der Waals surface area contributed by atoms with Gasteiger partial charge in [-0.25, -0.2) is 8.78 Å². The van der Waals surface area contributed by atoms with Crippen molar-refractivity contribution in [3.63, 3.8) is 0 Å². The van der Waals surface area contributed by atoms with Gasteiger partial charge in [0.15, 0.2) is 0 Å². The van der Waals surface area contributed by atoms with Gasteiger partial charge in [0.05, 0.1) is 7.11 Å². The molecular weight excluding hydrogens is 254 g/mol. The van der Waals surface area contributed by atoms with Gasteiger partial charge in [0.2, 0.25) is 0 Å². The van der Waals surface area contributed by atoms with E-state index in [0.29, 0.717) is 6.42 Å². The second-order valence-corrected chi connectivity index (χ2v) is 4.62. The number of rotatable bonds is 3. The van der Waals surface area contributed by atoms with Crippen LogP contribution in [0.25, 0.3) is 0 Å². The lowest BCUT2D eigenvalue weighted by molar-refractivity contribution is 0.405. The number of halogens is 3. The highest BCUT2D eigenvalue weighted by Gasteiger charge is 2.13. The van der Waals surface area contributed by atoms with Crippen LogP contribution in [0.1, 0.15) is 12.5 Å². The number of methoxy groups -OCH3 is 1. The van der Waals surface area contributed by atoms with E-state index < -0.39 is 11.6 Å². The fourth-order valence-electron chi connectivity index (χ4n) is 1.17. The van der Waals surface area contributed by atoms with Crippen molar-refractivity contribution in [3.8, 4) is 5.75 Å². The molecule has 0 bridgehead atoms. The molecule has 1 aromatic rings. The van der Waals surface area contributed by atoms with Gasteiger partial charge in [-0.2, -0.15) is 0 Å². The summed E-state index contributed by atoms with van der Waals surface area (Å²) in [5.74, 6) is -0.924. The summed E-state index contributed by atoms with van der Waals surface area (Å²) < 4.78 is 31.4. The second kappa shape index (κ2) is 4.73. The highest BCUT2D eigenvalue weighted by atomic mass is 79.9. The van der Waals surface area contributed by atoms with Crippen LogP contribution >= 0.6 is 15.9 Å². The van der Waals surface area contributed by atoms with Crippen molar-refractivity contribution in [1.82, 2.24) is 0 Å². The molecule has 0 radical (unpaired) electrons. The molecule has 0 saturated carbocycles. The Balaban J connectivity index is 3.05. The van der Waals surface area contributed by atoms with E-state index in [0.717, 1.165) is 0 Å². The largest absolute Gasteiger partial charge is 0.497 e. The van der Waals surface area contributed by atoms with E-state index in [9.17, 15) is 8.78 Å². The molecule has 14 heavy (non-hydrogen) atoms. The first-order chi connectivity index (χ1) is 6.54. The van der Waals surface area contributed by atoms with Crippen molar-refractivity contribution in [2.75, 3.05) is 7.11 Å². The lowest BCUT2D eigenvalue weighted by Crippen LogP contribution is -2.03. The Hall–Kier alpha value is -0.640. The minimum Gasteiger partial charge on any atom is -0.497 e. The van der Waals surface area contributed by atoms with Crippen molar-refractivity contribution < 1.29 is 13.5 Å². The summed E-state index contributed by atoms with van der Waals surface area (Å²) in [7, 11) is 1.38. The molecule has 0 aliphatic heterocycles. The monoisotopic (exact) mass is 264 g/mol. The van der Waals surface area contributed by atoms with Gasteiger partial charge in [-0.05, 0) is 6.42 Å². The van der Waals surface area contributed by atoms with E-state index in [-0.39, 0.29) is 16.1 Å². The van der Waals surface area contributed by atoms with Gasteiger partial charge in [0, 0.05) is 22.5 Å². The molecule has 0 saturated heterocycles. The molecule has 1 aromatic carbocycles. The van der Waals surface area contributed by atoms with Crippen molar-refractivity contribution >= 4 is 15.9 Å². The molecule has 4 heteroatoms. The lowest BCUT2D eigenvalue weighted by atomic mass is 10.1. The summed E-state index contributed by atoms with van der Waals surface area (Å²) in [6.45, 7) is 1.84. The lowest BCUT2D eigenvalue weighted by Gasteiger charge is -2.08. The Bertz CT molecular complexity index is 303. The van der Waals surface area contributed by atoms with Gasteiger partial charge in [-0.1, -0.05) is 22.9 Å². The van der Waals surface area contributed by atoms with Crippen molar-refractivity contribution in [2.45, 2.75) is 18.2 Å². The molecule has 0 amide bonds. The second-order valence-electron chi connectivity index (χ2n) is 3.05. The molecule has 1 nitrogen and oxygen atoms in total. The minimum atomic E-state index is -0.562. The standard InChI is InChI=1S/C10H11BrF2O/c1-6(11)3-8-9(12)4-7(14-2)5-10(8)13/h4-6H,3H2,1-2H3. The number of ether oxygens (including phenoxy) is 1. The van der Waals surface area contributed by atoms with E-state index in [1.807, 2.05) is 6.92 Å². The third-order valence-corrected chi connectivity index (χ3v) is 2.16. The average molecular weight is 265 g/mol. The van der Waals surface area contributed by atoms with Crippen molar-refractivity contribution in [3.05, 3.63) is 29.3 Å². The molecular formula is C10H11BrF2O. The molecule has 78 valence electrons. The van der Waals surface area contributed by atoms with E-state index in [1.165, 1.54) is 19.2 Å². The van der Waals surface area contributed by atoms with Crippen LogP contribution in [0.3, 0.4) is 0 Å². The Labute approximate surface area is 90.2 Å². The van der Waals surface area contributed by atoms with E-state index >= 15 is 0 Å². The van der Waals surface area contributed by atoms with Crippen LogP contribution in [-0.2, 0) is 6.42 Å². The highest BCUT2D eigenvalue weighted by molar-refractivity contribution is 9.09. The Morgan fingerprint density at radius 2 is 1.86 bits per heavy atom. The topological polar surface area (TPSA) is 9.23 Å². The molecule has 0 heterocycles. The zero-order valence-electron chi connectivity index (χ0n) is 7.98. The summed E-state index contributed by atoms with van der Waals surface area (Å²) >= 11 is 3.25. The SMILES string of the molecule is COc1cc(F)c(CC(C)Br)c(F)c1. The van der Waals surface area contributed by atoms with Crippen LogP contribution in [0.2, 0.25) is 0 Å². The molecule has 1 atom stereocenters. The zero-order valence-corrected chi connectivity index (χ0v) is 9.57. The quantitative estimate of drug-likeness (QED) is 0.762. The number of hydrogen-bond acceptors (Lipinski definition) is 1. The third kappa shape index (κ3) is 2.67. The third-order valence-electron chi connectivity index (χ3n) is 1.84. The van der Waals surface area contributed by atoms with Crippen LogP contribution < -0.4 is 4.74 Å². The Kier molecular flexibility index (Phi) is 3.86. The normalized spacial score (nSPS) is 12.6. The van der Waals surface area contributed by atoms with Crippen molar-refractivity contribution in [2.24, 2.45) is 0 Å². The Morgan fingerprint density at radius 1 is 1.36 bits per heavy atom. The van der Waals surface area contributed by atoms with Crippen LogP contribution in [0, 0.1) is 11.6 Å². The molecule has 0 spiro atoms. The molecule has 0 N–H and O–H groups in total. The maximum absolute atomic E-state index is 13.3. The van der Waals surface area contributed by atoms with Gasteiger partial charge in [-0.3, -0.25) is 0 Å². The molecule has 1 unspecified atom stereocenters.